The lowest BCUT2D eigenvalue weighted by Gasteiger charge is -2.33. The molecule has 0 aromatic carbocycles. The van der Waals surface area contributed by atoms with Crippen LogP contribution in [-0.2, 0) is 13.5 Å². The molecule has 3 aromatic rings. The molecule has 0 spiro atoms. The van der Waals surface area contributed by atoms with Crippen molar-refractivity contribution in [3.05, 3.63) is 41.6 Å². The largest absolute Gasteiger partial charge is 0.354 e. The highest BCUT2D eigenvalue weighted by Gasteiger charge is 2.29. The molecular weight excluding hydrogens is 432 g/mol. The zero-order valence-electron chi connectivity index (χ0n) is 20.0. The Morgan fingerprint density at radius 3 is 2.65 bits per heavy atom. The molecule has 2 N–H and O–H groups in total. The maximum atomic E-state index is 12.8. The Labute approximate surface area is 199 Å². The molecule has 2 aliphatic heterocycles. The quantitative estimate of drug-likeness (QED) is 0.564. The lowest BCUT2D eigenvalue weighted by Crippen LogP contribution is -2.45. The fourth-order valence-electron chi connectivity index (χ4n) is 4.61. The first-order valence-electron chi connectivity index (χ1n) is 11.8. The maximum absolute atomic E-state index is 12.8. The van der Waals surface area contributed by atoms with Crippen molar-refractivity contribution < 1.29 is 4.79 Å². The monoisotopic (exact) mass is 464 g/mol. The van der Waals surface area contributed by atoms with E-state index in [9.17, 15) is 4.79 Å². The molecule has 2 fully saturated rings. The summed E-state index contributed by atoms with van der Waals surface area (Å²) in [6.45, 7) is 7.31. The van der Waals surface area contributed by atoms with Gasteiger partial charge in [0.2, 0.25) is 0 Å². The number of aromatic nitrogens is 6. The first kappa shape index (κ1) is 22.3. The van der Waals surface area contributed by atoms with E-state index >= 15 is 0 Å². The van der Waals surface area contributed by atoms with Gasteiger partial charge in [0.1, 0.15) is 17.5 Å². The number of aromatic amines is 1. The van der Waals surface area contributed by atoms with Gasteiger partial charge in [-0.3, -0.25) is 14.6 Å². The number of nitrogens with one attached hydrogen (secondary N) is 2. The molecule has 2 saturated heterocycles. The van der Waals surface area contributed by atoms with E-state index in [0.717, 1.165) is 74.5 Å². The lowest BCUT2D eigenvalue weighted by molar-refractivity contribution is 0.0787. The number of amides is 1. The molecule has 0 radical (unpaired) electrons. The second-order valence-electron chi connectivity index (χ2n) is 9.39. The van der Waals surface area contributed by atoms with Crippen LogP contribution in [0.15, 0.2) is 24.5 Å². The van der Waals surface area contributed by atoms with Crippen molar-refractivity contribution >= 4 is 23.4 Å². The Morgan fingerprint density at radius 2 is 1.94 bits per heavy atom. The van der Waals surface area contributed by atoms with Crippen molar-refractivity contribution in [2.24, 2.45) is 13.0 Å². The number of aryl methyl sites for hydroxylation is 2. The first-order valence-corrected chi connectivity index (χ1v) is 11.8. The Bertz CT molecular complexity index is 1150. The van der Waals surface area contributed by atoms with Gasteiger partial charge in [-0.15, -0.1) is 0 Å². The molecule has 180 valence electrons. The fraction of sp³-hybridized carbons (Fsp3) is 0.522. The molecule has 0 unspecified atom stereocenters. The number of hydrogen-bond acceptors (Lipinski definition) is 8. The van der Waals surface area contributed by atoms with E-state index in [1.807, 2.05) is 31.0 Å². The zero-order chi connectivity index (χ0) is 23.7. The number of hydrogen-bond donors (Lipinski definition) is 2. The van der Waals surface area contributed by atoms with Crippen LogP contribution < -0.4 is 10.2 Å². The van der Waals surface area contributed by atoms with E-state index in [4.69, 9.17) is 9.97 Å². The van der Waals surface area contributed by atoms with Gasteiger partial charge in [-0.05, 0) is 26.3 Å². The summed E-state index contributed by atoms with van der Waals surface area (Å²) in [7, 11) is 3.97. The third-order valence-corrected chi connectivity index (χ3v) is 6.54. The average molecular weight is 465 g/mol. The second-order valence-corrected chi connectivity index (χ2v) is 9.39. The van der Waals surface area contributed by atoms with Gasteiger partial charge in [0, 0.05) is 76.8 Å². The van der Waals surface area contributed by atoms with Crippen LogP contribution in [-0.4, -0.2) is 92.0 Å². The van der Waals surface area contributed by atoms with Crippen LogP contribution in [0.3, 0.4) is 0 Å². The molecule has 1 atom stereocenters. The number of likely N-dealkylation sites (N-methyl/N-ethyl adjacent to an activating group) is 1. The topological polar surface area (TPSA) is 111 Å². The predicted octanol–water partition coefficient (Wildman–Crippen LogP) is 1.44. The molecule has 5 heterocycles. The highest BCUT2D eigenvalue weighted by Crippen LogP contribution is 2.25. The average Bonchev–Trinajstić information content (AvgIpc) is 3.55. The van der Waals surface area contributed by atoms with Gasteiger partial charge in [0.05, 0.1) is 11.8 Å². The molecule has 0 aliphatic carbocycles. The van der Waals surface area contributed by atoms with Gasteiger partial charge in [-0.1, -0.05) is 0 Å². The Balaban J connectivity index is 1.32. The fourth-order valence-corrected chi connectivity index (χ4v) is 4.61. The van der Waals surface area contributed by atoms with Crippen molar-refractivity contribution in [2.45, 2.75) is 19.8 Å². The predicted molar refractivity (Wildman–Crippen MR) is 129 cm³/mol. The number of piperazine rings is 1. The van der Waals surface area contributed by atoms with E-state index in [1.54, 1.807) is 17.1 Å². The highest BCUT2D eigenvalue weighted by atomic mass is 16.2. The molecular formula is C23H32N10O. The van der Waals surface area contributed by atoms with E-state index in [-0.39, 0.29) is 5.91 Å². The summed E-state index contributed by atoms with van der Waals surface area (Å²) in [4.78, 5) is 29.1. The third-order valence-electron chi connectivity index (χ3n) is 6.54. The smallest absolute Gasteiger partial charge is 0.257 e. The Kier molecular flexibility index (Phi) is 6.18. The molecule has 1 amide bonds. The number of carbonyl (C=O) groups is 1. The van der Waals surface area contributed by atoms with Crippen molar-refractivity contribution in [2.75, 3.05) is 56.5 Å². The molecule has 3 aromatic heterocycles. The van der Waals surface area contributed by atoms with Crippen LogP contribution in [0.5, 0.6) is 0 Å². The zero-order valence-corrected chi connectivity index (χ0v) is 20.0. The van der Waals surface area contributed by atoms with Gasteiger partial charge in [-0.25, -0.2) is 9.97 Å². The minimum absolute atomic E-state index is 0.0407. The number of carbonyl (C=O) groups excluding carboxylic acids is 1. The summed E-state index contributed by atoms with van der Waals surface area (Å²) in [5, 5.41) is 14.7. The third kappa shape index (κ3) is 5.04. The molecule has 11 heteroatoms. The number of rotatable bonds is 6. The van der Waals surface area contributed by atoms with Crippen LogP contribution in [0.1, 0.15) is 28.3 Å². The number of anilines is 3. The van der Waals surface area contributed by atoms with E-state index < -0.39 is 0 Å². The van der Waals surface area contributed by atoms with Crippen molar-refractivity contribution in [1.29, 1.82) is 0 Å². The summed E-state index contributed by atoms with van der Waals surface area (Å²) < 4.78 is 1.66. The summed E-state index contributed by atoms with van der Waals surface area (Å²) in [6, 6.07) is 3.96. The van der Waals surface area contributed by atoms with Crippen molar-refractivity contribution in [3.8, 4) is 0 Å². The summed E-state index contributed by atoms with van der Waals surface area (Å²) in [5.74, 6) is 3.58. The maximum Gasteiger partial charge on any atom is 0.257 e. The summed E-state index contributed by atoms with van der Waals surface area (Å²) >= 11 is 0. The normalized spacial score (nSPS) is 19.1. The van der Waals surface area contributed by atoms with Crippen molar-refractivity contribution in [1.82, 2.24) is 39.7 Å². The van der Waals surface area contributed by atoms with Gasteiger partial charge < -0.3 is 20.0 Å². The molecule has 11 nitrogen and oxygen atoms in total. The van der Waals surface area contributed by atoms with E-state index in [2.05, 4.69) is 37.5 Å². The SMILES string of the molecule is Cc1cc(Nc2cc(N3CCN(C)CC3)nc(C[C@H]3CCN(C(=O)c4cnn(C)c4)C3)n2)n[nH]1. The van der Waals surface area contributed by atoms with E-state index in [1.165, 1.54) is 0 Å². The van der Waals surface area contributed by atoms with Gasteiger partial charge in [-0.2, -0.15) is 10.2 Å². The standard InChI is InChI=1S/C23H32N10O/c1-16-10-21(29-28-16)26-20-12-22(32-8-6-30(2)7-9-32)27-19(25-20)11-17-4-5-33(14-17)23(34)18-13-24-31(3)15-18/h10,12-13,15,17H,4-9,11,14H2,1-3H3,(H2,25,26,27,28,29)/t17-/m1/s1. The molecule has 34 heavy (non-hydrogen) atoms. The lowest BCUT2D eigenvalue weighted by atomic mass is 10.0. The summed E-state index contributed by atoms with van der Waals surface area (Å²) in [5.41, 5.74) is 1.62. The van der Waals surface area contributed by atoms with Gasteiger partial charge in [0.15, 0.2) is 5.82 Å². The molecule has 5 rings (SSSR count). The first-order chi connectivity index (χ1) is 16.4. The highest BCUT2D eigenvalue weighted by molar-refractivity contribution is 5.93. The minimum Gasteiger partial charge on any atom is -0.354 e. The van der Waals surface area contributed by atoms with Gasteiger partial charge in [0.25, 0.3) is 5.91 Å². The number of H-pyrrole nitrogens is 1. The van der Waals surface area contributed by atoms with Crippen LogP contribution >= 0.6 is 0 Å². The Hall–Kier alpha value is -3.47. The Morgan fingerprint density at radius 1 is 1.12 bits per heavy atom. The minimum atomic E-state index is 0.0407. The van der Waals surface area contributed by atoms with Crippen LogP contribution in [0, 0.1) is 12.8 Å². The van der Waals surface area contributed by atoms with Crippen LogP contribution in [0.25, 0.3) is 0 Å². The van der Waals surface area contributed by atoms with Crippen LogP contribution in [0.2, 0.25) is 0 Å². The molecule has 2 aliphatic rings. The summed E-state index contributed by atoms with van der Waals surface area (Å²) in [6.07, 6.45) is 5.07. The van der Waals surface area contributed by atoms with Crippen LogP contribution in [0.4, 0.5) is 17.5 Å². The van der Waals surface area contributed by atoms with Crippen molar-refractivity contribution in [3.63, 3.8) is 0 Å². The van der Waals surface area contributed by atoms with E-state index in [0.29, 0.717) is 18.0 Å². The van der Waals surface area contributed by atoms with Gasteiger partial charge >= 0.3 is 0 Å². The second kappa shape index (κ2) is 9.41. The molecule has 0 bridgehead atoms. The number of likely N-dealkylation sites (tertiary alicyclic amines) is 1. The number of nitrogens with zero attached hydrogens (tertiary/aromatic N) is 8. The molecule has 0 saturated carbocycles.